The summed E-state index contributed by atoms with van der Waals surface area (Å²) in [5.41, 5.74) is -1.01. The second-order valence-corrected chi connectivity index (χ2v) is 9.08. The molecule has 4 rings (SSSR count). The summed E-state index contributed by atoms with van der Waals surface area (Å²) in [6, 6.07) is 8.27. The Labute approximate surface area is 221 Å². The molecule has 0 aliphatic carbocycles. The van der Waals surface area contributed by atoms with Gasteiger partial charge in [-0.2, -0.15) is 13.2 Å². The fourth-order valence-electron chi connectivity index (χ4n) is 3.73. The average Bonchev–Trinajstić information content (AvgIpc) is 3.34. The van der Waals surface area contributed by atoms with Crippen molar-refractivity contribution < 1.29 is 32.2 Å². The van der Waals surface area contributed by atoms with E-state index in [2.05, 4.69) is 10.1 Å². The molecule has 2 heterocycles. The van der Waals surface area contributed by atoms with Crippen molar-refractivity contribution >= 4 is 23.2 Å². The molecule has 4 aromatic rings. The minimum Gasteiger partial charge on any atom is -0.385 e. The van der Waals surface area contributed by atoms with Crippen LogP contribution in [0.3, 0.4) is 0 Å². The van der Waals surface area contributed by atoms with Crippen LogP contribution in [0.25, 0.3) is 16.9 Å². The molecule has 202 valence electrons. The Morgan fingerprint density at radius 1 is 1.00 bits per heavy atom. The lowest BCUT2D eigenvalue weighted by Crippen LogP contribution is -2.37. The highest BCUT2D eigenvalue weighted by atomic mass is 35.5. The number of nitrogens with zero attached hydrogens (tertiary/aromatic N) is 5. The highest BCUT2D eigenvalue weighted by Gasteiger charge is 2.39. The second-order valence-electron chi connectivity index (χ2n) is 8.28. The summed E-state index contributed by atoms with van der Waals surface area (Å²) < 4.78 is 69.5. The molecule has 8 nitrogen and oxygen atoms in total. The van der Waals surface area contributed by atoms with E-state index in [-0.39, 0.29) is 33.7 Å². The summed E-state index contributed by atoms with van der Waals surface area (Å²) in [4.78, 5) is 17.4. The zero-order valence-electron chi connectivity index (χ0n) is 19.3. The van der Waals surface area contributed by atoms with E-state index in [0.717, 1.165) is 21.4 Å². The first-order valence-corrected chi connectivity index (χ1v) is 11.6. The number of alkyl halides is 3. The topological polar surface area (TPSA) is 98.1 Å². The molecule has 2 aromatic heterocycles. The summed E-state index contributed by atoms with van der Waals surface area (Å²) in [5, 5.41) is 23.9. The quantitative estimate of drug-likeness (QED) is 0.315. The Kier molecular flexibility index (Phi) is 7.66. The van der Waals surface area contributed by atoms with E-state index in [0.29, 0.717) is 15.7 Å². The maximum Gasteiger partial charge on any atom is 0.416 e. The number of imidazole rings is 1. The van der Waals surface area contributed by atoms with E-state index >= 15 is 0 Å². The molecule has 0 unspecified atom stereocenters. The van der Waals surface area contributed by atoms with Gasteiger partial charge in [0.15, 0.2) is 17.8 Å². The van der Waals surface area contributed by atoms with E-state index in [1.165, 1.54) is 31.2 Å². The van der Waals surface area contributed by atoms with Crippen molar-refractivity contribution in [2.75, 3.05) is 0 Å². The van der Waals surface area contributed by atoms with E-state index in [4.69, 9.17) is 23.2 Å². The molecule has 0 aliphatic rings. The lowest BCUT2D eigenvalue weighted by molar-refractivity contribution is -0.207. The number of hydrogen-bond acceptors (Lipinski definition) is 5. The van der Waals surface area contributed by atoms with Crippen molar-refractivity contribution in [3.63, 3.8) is 0 Å². The first-order valence-electron chi connectivity index (χ1n) is 10.9. The van der Waals surface area contributed by atoms with E-state index < -0.39 is 48.8 Å². The monoisotopic (exact) mass is 577 g/mol. The summed E-state index contributed by atoms with van der Waals surface area (Å²) in [6.07, 6.45) is -9.15. The van der Waals surface area contributed by atoms with Crippen LogP contribution in [0.15, 0.2) is 47.3 Å². The average molecular weight is 578 g/mol. The smallest absolute Gasteiger partial charge is 0.385 e. The van der Waals surface area contributed by atoms with Crippen molar-refractivity contribution in [1.29, 1.82) is 0 Å². The highest BCUT2D eigenvalue weighted by molar-refractivity contribution is 6.32. The lowest BCUT2D eigenvalue weighted by atomic mass is 10.1. The van der Waals surface area contributed by atoms with Crippen LogP contribution in [0.2, 0.25) is 10.2 Å². The minimum atomic E-state index is -5.02. The molecule has 2 atom stereocenters. The van der Waals surface area contributed by atoms with Gasteiger partial charge in [0.2, 0.25) is 0 Å². The third kappa shape index (κ3) is 5.60. The molecular weight excluding hydrogens is 560 g/mol. The van der Waals surface area contributed by atoms with E-state index in [1.54, 1.807) is 0 Å². The predicted molar refractivity (Wildman–Crippen MR) is 127 cm³/mol. The Hall–Kier alpha value is -3.26. The molecule has 0 saturated carbocycles. The van der Waals surface area contributed by atoms with Crippen LogP contribution >= 0.6 is 23.2 Å². The molecule has 0 aliphatic heterocycles. The molecule has 0 saturated heterocycles. The molecule has 0 fully saturated rings. The number of hydrogen-bond donors (Lipinski definition) is 2. The second kappa shape index (κ2) is 10.5. The Morgan fingerprint density at radius 3 is 2.16 bits per heavy atom. The van der Waals surface area contributed by atoms with Crippen molar-refractivity contribution in [3.05, 3.63) is 86.4 Å². The number of benzene rings is 2. The molecule has 0 spiro atoms. The van der Waals surface area contributed by atoms with Crippen molar-refractivity contribution in [1.82, 2.24) is 23.9 Å². The molecule has 0 amide bonds. The van der Waals surface area contributed by atoms with Crippen LogP contribution in [0.5, 0.6) is 0 Å². The van der Waals surface area contributed by atoms with Gasteiger partial charge in [0, 0.05) is 16.7 Å². The van der Waals surface area contributed by atoms with Crippen LogP contribution in [-0.4, -0.2) is 46.4 Å². The fraction of sp³-hybridized carbons (Fsp3) is 0.261. The summed E-state index contributed by atoms with van der Waals surface area (Å²) in [6.45, 7) is -0.318. The van der Waals surface area contributed by atoms with Gasteiger partial charge in [0.05, 0.1) is 24.5 Å². The number of rotatable bonds is 7. The number of halogens is 7. The van der Waals surface area contributed by atoms with Crippen LogP contribution < -0.4 is 5.69 Å². The minimum absolute atomic E-state index is 0.108. The van der Waals surface area contributed by atoms with Gasteiger partial charge >= 0.3 is 11.9 Å². The number of aromatic nitrogens is 5. The van der Waals surface area contributed by atoms with Gasteiger partial charge in [-0.05, 0) is 31.2 Å². The van der Waals surface area contributed by atoms with Gasteiger partial charge in [-0.15, -0.1) is 5.10 Å². The van der Waals surface area contributed by atoms with Crippen molar-refractivity contribution in [2.24, 2.45) is 0 Å². The Balaban J connectivity index is 1.83. The molecule has 15 heteroatoms. The van der Waals surface area contributed by atoms with Crippen molar-refractivity contribution in [2.45, 2.75) is 38.4 Å². The molecule has 38 heavy (non-hydrogen) atoms. The molecule has 0 radical (unpaired) electrons. The fourth-order valence-corrected chi connectivity index (χ4v) is 4.20. The van der Waals surface area contributed by atoms with Crippen LogP contribution in [0, 0.1) is 11.6 Å². The summed E-state index contributed by atoms with van der Waals surface area (Å²) in [5.74, 6) is -2.11. The third-order valence-corrected chi connectivity index (χ3v) is 6.09. The van der Waals surface area contributed by atoms with E-state index in [1.807, 2.05) is 0 Å². The van der Waals surface area contributed by atoms with Gasteiger partial charge in [-0.1, -0.05) is 35.3 Å². The Bertz CT molecular complexity index is 1510. The predicted octanol–water partition coefficient (Wildman–Crippen LogP) is 4.51. The van der Waals surface area contributed by atoms with Gasteiger partial charge in [0.25, 0.3) is 0 Å². The molecule has 2 N–H and O–H groups in total. The number of aliphatic hydroxyl groups is 2. The standard InChI is InChI=1S/C23H18Cl2F5N5O3/c1-11(36)21-31-18(32-35(21)16-7-14(26)6-15(27)8-16)10-34-20(25)19(12-2-4-13(24)5-3-12)33(22(34)38)9-17(37)23(28,29)30/h2-8,11,17,36-37H,9-10H2,1H3/t11-,17-/m0/s1. The normalized spacial score (nSPS) is 13.6. The van der Waals surface area contributed by atoms with Gasteiger partial charge in [0.1, 0.15) is 22.9 Å². The highest BCUT2D eigenvalue weighted by Crippen LogP contribution is 2.31. The van der Waals surface area contributed by atoms with Gasteiger partial charge in [-0.3, -0.25) is 9.13 Å². The zero-order valence-corrected chi connectivity index (χ0v) is 20.8. The summed E-state index contributed by atoms with van der Waals surface area (Å²) in [7, 11) is 0. The Morgan fingerprint density at radius 2 is 1.61 bits per heavy atom. The van der Waals surface area contributed by atoms with Gasteiger partial charge in [-0.25, -0.2) is 23.2 Å². The largest absolute Gasteiger partial charge is 0.416 e. The SMILES string of the molecule is C[C@H](O)c1nc(Cn2c(Cl)c(-c3ccc(Cl)cc3)n(C[C@H](O)C(F)(F)F)c2=O)nn1-c1cc(F)cc(F)c1. The zero-order chi connectivity index (χ0) is 27.9. The maximum absolute atomic E-state index is 13.8. The maximum atomic E-state index is 13.8. The third-order valence-electron chi connectivity index (χ3n) is 5.46. The molecule has 2 aromatic carbocycles. The molecule has 0 bridgehead atoms. The lowest BCUT2D eigenvalue weighted by Gasteiger charge is -2.16. The first kappa shape index (κ1) is 27.8. The van der Waals surface area contributed by atoms with Crippen molar-refractivity contribution in [3.8, 4) is 16.9 Å². The first-order chi connectivity index (χ1) is 17.8. The van der Waals surface area contributed by atoms with Crippen LogP contribution in [0.1, 0.15) is 24.7 Å². The van der Waals surface area contributed by atoms with Crippen LogP contribution in [0.4, 0.5) is 22.0 Å². The summed E-state index contributed by atoms with van der Waals surface area (Å²) >= 11 is 12.4. The molecular formula is C23H18Cl2F5N5O3. The van der Waals surface area contributed by atoms with Gasteiger partial charge < -0.3 is 10.2 Å². The van der Waals surface area contributed by atoms with Crippen LogP contribution in [-0.2, 0) is 13.1 Å². The number of aliphatic hydroxyl groups excluding tert-OH is 2. The van der Waals surface area contributed by atoms with E-state index in [9.17, 15) is 37.0 Å².